The van der Waals surface area contributed by atoms with E-state index < -0.39 is 0 Å². The molecule has 3 rings (SSSR count). The van der Waals surface area contributed by atoms with Gasteiger partial charge in [0.2, 0.25) is 0 Å². The zero-order chi connectivity index (χ0) is 15.2. The van der Waals surface area contributed by atoms with Crippen molar-refractivity contribution in [1.29, 1.82) is 0 Å². The average molecular weight is 318 g/mol. The summed E-state index contributed by atoms with van der Waals surface area (Å²) in [5, 5.41) is 9.43. The first-order valence-electron chi connectivity index (χ1n) is 7.77. The number of rotatable bonds is 6. The SMILES string of the molecule is Nc1nc(CCCNc2cc(C3CCNCC3)ncn2)cs1. The third-order valence-electron chi connectivity index (χ3n) is 3.93. The molecule has 2 aromatic heterocycles. The van der Waals surface area contributed by atoms with Crippen LogP contribution in [-0.4, -0.2) is 34.6 Å². The second kappa shape index (κ2) is 7.51. The first-order chi connectivity index (χ1) is 10.8. The predicted octanol–water partition coefficient (Wildman–Crippen LogP) is 2.03. The van der Waals surface area contributed by atoms with Gasteiger partial charge in [0.25, 0.3) is 0 Å². The Kier molecular flexibility index (Phi) is 5.18. The molecule has 1 aliphatic rings. The highest BCUT2D eigenvalue weighted by molar-refractivity contribution is 7.13. The van der Waals surface area contributed by atoms with E-state index in [0.717, 1.165) is 62.5 Å². The highest BCUT2D eigenvalue weighted by Crippen LogP contribution is 2.24. The summed E-state index contributed by atoms with van der Waals surface area (Å²) in [5.74, 6) is 1.48. The number of nitrogen functional groups attached to an aromatic ring is 1. The number of hydrogen-bond donors (Lipinski definition) is 3. The molecule has 0 radical (unpaired) electrons. The van der Waals surface area contributed by atoms with Crippen LogP contribution in [0.15, 0.2) is 17.8 Å². The fourth-order valence-corrected chi connectivity index (χ4v) is 3.33. The monoisotopic (exact) mass is 318 g/mol. The van der Waals surface area contributed by atoms with Gasteiger partial charge >= 0.3 is 0 Å². The summed E-state index contributed by atoms with van der Waals surface area (Å²) >= 11 is 1.50. The van der Waals surface area contributed by atoms with Crippen LogP contribution in [0.4, 0.5) is 10.9 Å². The Labute approximate surface area is 134 Å². The number of nitrogens with zero attached hydrogens (tertiary/aromatic N) is 3. The smallest absolute Gasteiger partial charge is 0.180 e. The van der Waals surface area contributed by atoms with Crippen LogP contribution in [-0.2, 0) is 6.42 Å². The highest BCUT2D eigenvalue weighted by Gasteiger charge is 2.16. The van der Waals surface area contributed by atoms with E-state index in [0.29, 0.717) is 11.0 Å². The zero-order valence-electron chi connectivity index (χ0n) is 12.6. The first-order valence-corrected chi connectivity index (χ1v) is 8.65. The fourth-order valence-electron chi connectivity index (χ4n) is 2.73. The van der Waals surface area contributed by atoms with Crippen LogP contribution in [0.3, 0.4) is 0 Å². The number of hydrogen-bond acceptors (Lipinski definition) is 7. The van der Waals surface area contributed by atoms with Gasteiger partial charge in [-0.2, -0.15) is 0 Å². The molecule has 1 aliphatic heterocycles. The van der Waals surface area contributed by atoms with Crippen LogP contribution in [0.25, 0.3) is 0 Å². The molecule has 22 heavy (non-hydrogen) atoms. The lowest BCUT2D eigenvalue weighted by atomic mass is 9.94. The van der Waals surface area contributed by atoms with Gasteiger partial charge in [-0.25, -0.2) is 15.0 Å². The minimum atomic E-state index is 0.558. The Morgan fingerprint density at radius 3 is 2.95 bits per heavy atom. The molecule has 0 amide bonds. The molecule has 0 aliphatic carbocycles. The van der Waals surface area contributed by atoms with Crippen molar-refractivity contribution >= 4 is 22.3 Å². The summed E-state index contributed by atoms with van der Waals surface area (Å²) < 4.78 is 0. The topological polar surface area (TPSA) is 88.8 Å². The maximum atomic E-state index is 5.63. The van der Waals surface area contributed by atoms with Gasteiger partial charge in [0.05, 0.1) is 5.69 Å². The van der Waals surface area contributed by atoms with Crippen LogP contribution in [0.1, 0.15) is 36.6 Å². The van der Waals surface area contributed by atoms with Crippen LogP contribution in [0.5, 0.6) is 0 Å². The molecule has 0 saturated carbocycles. The molecule has 3 heterocycles. The fraction of sp³-hybridized carbons (Fsp3) is 0.533. The van der Waals surface area contributed by atoms with E-state index in [9.17, 15) is 0 Å². The van der Waals surface area contributed by atoms with Gasteiger partial charge < -0.3 is 16.4 Å². The van der Waals surface area contributed by atoms with Gasteiger partial charge in [-0.05, 0) is 38.8 Å². The molecule has 2 aromatic rings. The summed E-state index contributed by atoms with van der Waals surface area (Å²) in [5.41, 5.74) is 7.86. The summed E-state index contributed by atoms with van der Waals surface area (Å²) in [7, 11) is 0. The van der Waals surface area contributed by atoms with Crippen LogP contribution >= 0.6 is 11.3 Å². The van der Waals surface area contributed by atoms with Crippen molar-refractivity contribution < 1.29 is 0 Å². The average Bonchev–Trinajstić information content (AvgIpc) is 2.98. The Hall–Kier alpha value is -1.73. The maximum Gasteiger partial charge on any atom is 0.180 e. The third-order valence-corrected chi connectivity index (χ3v) is 4.65. The summed E-state index contributed by atoms with van der Waals surface area (Å²) in [6, 6.07) is 2.09. The van der Waals surface area contributed by atoms with Gasteiger partial charge in [0.1, 0.15) is 12.1 Å². The lowest BCUT2D eigenvalue weighted by Crippen LogP contribution is -2.27. The minimum absolute atomic E-state index is 0.558. The predicted molar refractivity (Wildman–Crippen MR) is 90.2 cm³/mol. The second-order valence-corrected chi connectivity index (χ2v) is 6.45. The molecule has 0 aromatic carbocycles. The lowest BCUT2D eigenvalue weighted by molar-refractivity contribution is 0.453. The Morgan fingerprint density at radius 1 is 1.32 bits per heavy atom. The number of piperidine rings is 1. The molecule has 0 unspecified atom stereocenters. The van der Waals surface area contributed by atoms with E-state index in [2.05, 4.69) is 31.7 Å². The molecule has 0 atom stereocenters. The quantitative estimate of drug-likeness (QED) is 0.706. The van der Waals surface area contributed by atoms with Gasteiger partial charge in [-0.15, -0.1) is 11.3 Å². The van der Waals surface area contributed by atoms with Gasteiger partial charge in [0.15, 0.2) is 5.13 Å². The molecular formula is C15H22N6S. The Morgan fingerprint density at radius 2 is 2.18 bits per heavy atom. The van der Waals surface area contributed by atoms with E-state index in [4.69, 9.17) is 5.73 Å². The van der Waals surface area contributed by atoms with Crippen LogP contribution in [0, 0.1) is 0 Å². The van der Waals surface area contributed by atoms with Crippen molar-refractivity contribution in [2.75, 3.05) is 30.7 Å². The van der Waals surface area contributed by atoms with Gasteiger partial charge in [-0.3, -0.25) is 0 Å². The van der Waals surface area contributed by atoms with Crippen LogP contribution < -0.4 is 16.4 Å². The number of anilines is 2. The van der Waals surface area contributed by atoms with E-state index in [-0.39, 0.29) is 0 Å². The van der Waals surface area contributed by atoms with E-state index in [1.165, 1.54) is 11.3 Å². The number of aromatic nitrogens is 3. The molecule has 4 N–H and O–H groups in total. The number of aryl methyl sites for hydroxylation is 1. The van der Waals surface area contributed by atoms with Crippen molar-refractivity contribution in [3.05, 3.63) is 29.2 Å². The highest BCUT2D eigenvalue weighted by atomic mass is 32.1. The van der Waals surface area contributed by atoms with E-state index >= 15 is 0 Å². The maximum absolute atomic E-state index is 5.63. The van der Waals surface area contributed by atoms with Crippen molar-refractivity contribution in [2.45, 2.75) is 31.6 Å². The summed E-state index contributed by atoms with van der Waals surface area (Å²) in [6.45, 7) is 3.03. The van der Waals surface area contributed by atoms with Crippen molar-refractivity contribution in [3.8, 4) is 0 Å². The normalized spacial score (nSPS) is 15.8. The van der Waals surface area contributed by atoms with Crippen molar-refractivity contribution in [1.82, 2.24) is 20.3 Å². The van der Waals surface area contributed by atoms with Crippen LogP contribution in [0.2, 0.25) is 0 Å². The number of nitrogens with two attached hydrogens (primary N) is 1. The molecule has 1 fully saturated rings. The third kappa shape index (κ3) is 4.14. The van der Waals surface area contributed by atoms with Gasteiger partial charge in [-0.1, -0.05) is 0 Å². The standard InChI is InChI=1S/C15H22N6S/c16-15-21-12(9-22-15)2-1-5-18-14-8-13(19-10-20-14)11-3-6-17-7-4-11/h8-11,17H,1-7H2,(H2,16,21)(H,18,19,20). The second-order valence-electron chi connectivity index (χ2n) is 5.56. The molecule has 6 nitrogen and oxygen atoms in total. The molecule has 118 valence electrons. The largest absolute Gasteiger partial charge is 0.375 e. The van der Waals surface area contributed by atoms with Gasteiger partial charge in [0, 0.05) is 29.6 Å². The zero-order valence-corrected chi connectivity index (χ0v) is 13.4. The van der Waals surface area contributed by atoms with E-state index in [1.807, 2.05) is 5.38 Å². The van der Waals surface area contributed by atoms with Crippen molar-refractivity contribution in [2.24, 2.45) is 0 Å². The van der Waals surface area contributed by atoms with E-state index in [1.54, 1.807) is 6.33 Å². The summed E-state index contributed by atoms with van der Waals surface area (Å²) in [6.07, 6.45) is 5.92. The Balaban J connectivity index is 1.47. The molecule has 7 heteroatoms. The molecule has 0 bridgehead atoms. The molecule has 0 spiro atoms. The number of thiazole rings is 1. The minimum Gasteiger partial charge on any atom is -0.375 e. The number of nitrogens with one attached hydrogen (secondary N) is 2. The summed E-state index contributed by atoms with van der Waals surface area (Å²) in [4.78, 5) is 13.0. The molecular weight excluding hydrogens is 296 g/mol. The van der Waals surface area contributed by atoms with Crippen molar-refractivity contribution in [3.63, 3.8) is 0 Å². The first kappa shape index (κ1) is 15.2. The lowest BCUT2D eigenvalue weighted by Gasteiger charge is -2.22. The Bertz CT molecular complexity index is 593. The molecule has 1 saturated heterocycles.